The van der Waals surface area contributed by atoms with Crippen LogP contribution in [0.3, 0.4) is 0 Å². The summed E-state index contributed by atoms with van der Waals surface area (Å²) in [6, 6.07) is 0. The lowest BCUT2D eigenvalue weighted by molar-refractivity contribution is -0.146. The quantitative estimate of drug-likeness (QED) is 0.567. The molecule has 0 aliphatic heterocycles. The van der Waals surface area contributed by atoms with Crippen LogP contribution in [-0.2, 0) is 9.53 Å². The topological polar surface area (TPSA) is 52.3 Å². The van der Waals surface area contributed by atoms with Crippen LogP contribution in [0.5, 0.6) is 0 Å². The van der Waals surface area contributed by atoms with Gasteiger partial charge in [0, 0.05) is 0 Å². The van der Waals surface area contributed by atoms with E-state index in [0.29, 0.717) is 6.61 Å². The third kappa shape index (κ3) is 4.85. The van der Waals surface area contributed by atoms with E-state index < -0.39 is 4.87 Å². The predicted octanol–water partition coefficient (Wildman–Crippen LogP) is 1.40. The van der Waals surface area contributed by atoms with Crippen molar-refractivity contribution in [3.63, 3.8) is 0 Å². The molecule has 1 unspecified atom stereocenters. The van der Waals surface area contributed by atoms with Gasteiger partial charge in [0.25, 0.3) is 0 Å². The molecule has 0 aromatic carbocycles. The smallest absolute Gasteiger partial charge is 0.336 e. The lowest BCUT2D eigenvalue weighted by Crippen LogP contribution is -2.42. The Morgan fingerprint density at radius 1 is 1.67 bits per heavy atom. The van der Waals surface area contributed by atoms with Gasteiger partial charge in [-0.25, -0.2) is 4.79 Å². The number of ether oxygens (including phenoxy) is 1. The summed E-state index contributed by atoms with van der Waals surface area (Å²) in [5, 5.41) is 0. The Kier molecular flexibility index (Phi) is 7.99. The normalized spacial score (nSPS) is 14.3. The monoisotopic (exact) mass is 213 g/mol. The molecule has 0 radical (unpaired) electrons. The maximum absolute atomic E-state index is 11.1. The van der Waals surface area contributed by atoms with Crippen molar-refractivity contribution in [2.24, 2.45) is 5.73 Å². The van der Waals surface area contributed by atoms with Gasteiger partial charge in [0.05, 0.1) is 6.61 Å². The average Bonchev–Trinajstić information content (AvgIpc) is 2.00. The average molecular weight is 214 g/mol. The van der Waals surface area contributed by atoms with Crippen LogP contribution in [0.4, 0.5) is 0 Å². The zero-order chi connectivity index (χ0) is 8.91. The van der Waals surface area contributed by atoms with Gasteiger partial charge < -0.3 is 10.5 Å². The third-order valence-electron chi connectivity index (χ3n) is 1.27. The molecule has 0 saturated heterocycles. The first-order valence-corrected chi connectivity index (χ1v) is 4.78. The Morgan fingerprint density at radius 2 is 2.17 bits per heavy atom. The molecule has 5 heteroatoms. The van der Waals surface area contributed by atoms with Gasteiger partial charge in [-0.05, 0) is 19.6 Å². The summed E-state index contributed by atoms with van der Waals surface area (Å²) in [5.74, 6) is -0.341. The Bertz CT molecular complexity index is 141. The van der Waals surface area contributed by atoms with E-state index in [4.69, 9.17) is 10.5 Å². The minimum atomic E-state index is -0.894. The van der Waals surface area contributed by atoms with Crippen molar-refractivity contribution in [3.05, 3.63) is 0 Å². The van der Waals surface area contributed by atoms with Gasteiger partial charge in [0.15, 0.2) is 4.87 Å². The van der Waals surface area contributed by atoms with E-state index in [1.807, 2.05) is 6.92 Å². The second-order valence-corrected chi connectivity index (χ2v) is 3.70. The molecule has 0 aromatic rings. The summed E-state index contributed by atoms with van der Waals surface area (Å²) in [6.45, 7) is 4.04. The molecule has 74 valence electrons. The zero-order valence-corrected chi connectivity index (χ0v) is 9.26. The molecule has 0 aliphatic rings. The van der Waals surface area contributed by atoms with Gasteiger partial charge in [-0.2, -0.15) is 0 Å². The molecule has 3 nitrogen and oxygen atoms in total. The predicted molar refractivity (Wildman–Crippen MR) is 54.6 cm³/mol. The van der Waals surface area contributed by atoms with Crippen LogP contribution < -0.4 is 5.73 Å². The van der Waals surface area contributed by atoms with Crippen molar-refractivity contribution in [2.45, 2.75) is 25.1 Å². The molecule has 12 heavy (non-hydrogen) atoms. The van der Waals surface area contributed by atoms with Gasteiger partial charge in [-0.1, -0.05) is 6.92 Å². The number of hydrogen-bond acceptors (Lipinski definition) is 4. The van der Waals surface area contributed by atoms with Crippen molar-refractivity contribution in [1.29, 1.82) is 0 Å². The first-order valence-electron chi connectivity index (χ1n) is 3.56. The SMILES string of the molecule is CCCOC(=O)C(C)(N)SC.Cl. The van der Waals surface area contributed by atoms with E-state index in [-0.39, 0.29) is 18.4 Å². The molecule has 0 aromatic heterocycles. The number of halogens is 1. The summed E-state index contributed by atoms with van der Waals surface area (Å²) in [7, 11) is 0. The van der Waals surface area contributed by atoms with E-state index in [0.717, 1.165) is 6.42 Å². The second-order valence-electron chi connectivity index (χ2n) is 2.45. The number of esters is 1. The summed E-state index contributed by atoms with van der Waals surface area (Å²) >= 11 is 1.29. The number of thioether (sulfide) groups is 1. The number of carbonyl (C=O) groups is 1. The Balaban J connectivity index is 0. The van der Waals surface area contributed by atoms with Gasteiger partial charge in [-0.15, -0.1) is 24.2 Å². The fourth-order valence-corrected chi connectivity index (χ4v) is 0.647. The van der Waals surface area contributed by atoms with Crippen LogP contribution in [0.15, 0.2) is 0 Å². The first kappa shape index (κ1) is 14.6. The highest BCUT2D eigenvalue weighted by molar-refractivity contribution is 8.00. The third-order valence-corrected chi connectivity index (χ3v) is 2.28. The fourth-order valence-electron chi connectivity index (χ4n) is 0.421. The van der Waals surface area contributed by atoms with E-state index in [9.17, 15) is 4.79 Å². The summed E-state index contributed by atoms with van der Waals surface area (Å²) in [4.78, 5) is 10.2. The molecule has 0 aliphatic carbocycles. The molecule has 0 heterocycles. The van der Waals surface area contributed by atoms with Crippen LogP contribution in [0.1, 0.15) is 20.3 Å². The maximum atomic E-state index is 11.1. The Morgan fingerprint density at radius 3 is 2.50 bits per heavy atom. The number of rotatable bonds is 4. The molecule has 0 amide bonds. The summed E-state index contributed by atoms with van der Waals surface area (Å²) in [6.07, 6.45) is 2.61. The molecular formula is C7H16ClNO2S. The minimum Gasteiger partial charge on any atom is -0.464 e. The summed E-state index contributed by atoms with van der Waals surface area (Å²) in [5.41, 5.74) is 5.59. The van der Waals surface area contributed by atoms with Crippen LogP contribution >= 0.6 is 24.2 Å². The highest BCUT2D eigenvalue weighted by Gasteiger charge is 2.28. The molecule has 0 saturated carbocycles. The Hall–Kier alpha value is 0.0700. The van der Waals surface area contributed by atoms with E-state index in [1.165, 1.54) is 11.8 Å². The lowest BCUT2D eigenvalue weighted by atomic mass is 10.3. The minimum absolute atomic E-state index is 0. The van der Waals surface area contributed by atoms with Gasteiger partial charge in [0.1, 0.15) is 0 Å². The van der Waals surface area contributed by atoms with E-state index in [2.05, 4.69) is 0 Å². The highest BCUT2D eigenvalue weighted by Crippen LogP contribution is 2.16. The van der Waals surface area contributed by atoms with E-state index in [1.54, 1.807) is 13.2 Å². The molecule has 1 atom stereocenters. The van der Waals surface area contributed by atoms with Gasteiger partial charge in [0.2, 0.25) is 0 Å². The fraction of sp³-hybridized carbons (Fsp3) is 0.857. The Labute approximate surface area is 83.8 Å². The van der Waals surface area contributed by atoms with Crippen molar-refractivity contribution < 1.29 is 9.53 Å². The largest absolute Gasteiger partial charge is 0.464 e. The highest BCUT2D eigenvalue weighted by atomic mass is 35.5. The van der Waals surface area contributed by atoms with Crippen molar-refractivity contribution in [1.82, 2.24) is 0 Å². The van der Waals surface area contributed by atoms with Crippen LogP contribution in [0.25, 0.3) is 0 Å². The zero-order valence-electron chi connectivity index (χ0n) is 7.62. The van der Waals surface area contributed by atoms with Crippen molar-refractivity contribution >= 4 is 30.1 Å². The second kappa shape index (κ2) is 6.57. The number of carbonyl (C=O) groups excluding carboxylic acids is 1. The summed E-state index contributed by atoms with van der Waals surface area (Å²) < 4.78 is 4.86. The van der Waals surface area contributed by atoms with E-state index >= 15 is 0 Å². The molecule has 0 spiro atoms. The number of nitrogens with two attached hydrogens (primary N) is 1. The van der Waals surface area contributed by atoms with Crippen LogP contribution in [0, 0.1) is 0 Å². The first-order chi connectivity index (χ1) is 5.04. The number of hydrogen-bond donors (Lipinski definition) is 1. The van der Waals surface area contributed by atoms with Crippen molar-refractivity contribution in [3.8, 4) is 0 Å². The standard InChI is InChI=1S/C7H15NO2S.ClH/c1-4-5-10-6(9)7(2,8)11-3;/h4-5,8H2,1-3H3;1H. The van der Waals surface area contributed by atoms with Gasteiger partial charge in [-0.3, -0.25) is 0 Å². The van der Waals surface area contributed by atoms with Crippen LogP contribution in [0.2, 0.25) is 0 Å². The van der Waals surface area contributed by atoms with Crippen LogP contribution in [-0.4, -0.2) is 23.7 Å². The van der Waals surface area contributed by atoms with Gasteiger partial charge >= 0.3 is 5.97 Å². The molecule has 0 fully saturated rings. The molecule has 0 rings (SSSR count). The lowest BCUT2D eigenvalue weighted by Gasteiger charge is -2.19. The molecule has 2 N–H and O–H groups in total. The molecular weight excluding hydrogens is 198 g/mol. The molecule has 0 bridgehead atoms. The van der Waals surface area contributed by atoms with Crippen molar-refractivity contribution in [2.75, 3.05) is 12.9 Å². The maximum Gasteiger partial charge on any atom is 0.336 e.